The largest absolute Gasteiger partial charge is 0.305 e. The molecule has 1 aliphatic carbocycles. The number of Topliss-reactive ketones (excluding diaryl/α,β-unsaturated/α-hetero) is 1. The predicted octanol–water partition coefficient (Wildman–Crippen LogP) is 1.13. The SMILES string of the molecule is CN1CCC(N(C)C2CCCCC2=O)C1. The lowest BCUT2D eigenvalue weighted by atomic mass is 9.92. The highest BCUT2D eigenvalue weighted by atomic mass is 16.1. The van der Waals surface area contributed by atoms with E-state index in [-0.39, 0.29) is 6.04 Å². The Morgan fingerprint density at radius 1 is 1.33 bits per heavy atom. The van der Waals surface area contributed by atoms with E-state index in [9.17, 15) is 4.79 Å². The van der Waals surface area contributed by atoms with Crippen LogP contribution in [-0.4, -0.2) is 54.9 Å². The Hall–Kier alpha value is -0.410. The topological polar surface area (TPSA) is 23.6 Å². The van der Waals surface area contributed by atoms with Gasteiger partial charge < -0.3 is 4.90 Å². The van der Waals surface area contributed by atoms with Crippen molar-refractivity contribution in [3.63, 3.8) is 0 Å². The summed E-state index contributed by atoms with van der Waals surface area (Å²) in [6.07, 6.45) is 5.43. The van der Waals surface area contributed by atoms with E-state index in [0.29, 0.717) is 11.8 Å². The zero-order valence-electron chi connectivity index (χ0n) is 9.91. The molecular formula is C12H22N2O. The summed E-state index contributed by atoms with van der Waals surface area (Å²) in [7, 11) is 4.30. The van der Waals surface area contributed by atoms with Crippen LogP contribution in [0.3, 0.4) is 0 Å². The molecule has 0 aromatic rings. The van der Waals surface area contributed by atoms with E-state index in [2.05, 4.69) is 23.9 Å². The van der Waals surface area contributed by atoms with Gasteiger partial charge in [-0.15, -0.1) is 0 Å². The van der Waals surface area contributed by atoms with E-state index in [1.54, 1.807) is 0 Å². The Morgan fingerprint density at radius 3 is 2.73 bits per heavy atom. The van der Waals surface area contributed by atoms with E-state index in [0.717, 1.165) is 25.8 Å². The van der Waals surface area contributed by atoms with Crippen molar-refractivity contribution in [2.45, 2.75) is 44.2 Å². The number of nitrogens with zero attached hydrogens (tertiary/aromatic N) is 2. The van der Waals surface area contributed by atoms with Crippen LogP contribution in [0.15, 0.2) is 0 Å². The van der Waals surface area contributed by atoms with Crippen LogP contribution in [0.4, 0.5) is 0 Å². The minimum atomic E-state index is 0.218. The number of carbonyl (C=O) groups excluding carboxylic acids is 1. The Bertz CT molecular complexity index is 242. The molecule has 0 radical (unpaired) electrons. The lowest BCUT2D eigenvalue weighted by Gasteiger charge is -2.34. The normalized spacial score (nSPS) is 33.9. The molecule has 3 nitrogen and oxygen atoms in total. The molecule has 0 aromatic heterocycles. The molecule has 2 atom stereocenters. The number of ketones is 1. The van der Waals surface area contributed by atoms with Crippen LogP contribution in [0.25, 0.3) is 0 Å². The average molecular weight is 210 g/mol. The molecule has 86 valence electrons. The first-order chi connectivity index (χ1) is 7.18. The molecule has 2 fully saturated rings. The lowest BCUT2D eigenvalue weighted by molar-refractivity contribution is -0.126. The summed E-state index contributed by atoms with van der Waals surface area (Å²) in [5.74, 6) is 0.471. The third kappa shape index (κ3) is 2.40. The molecular weight excluding hydrogens is 188 g/mol. The maximum Gasteiger partial charge on any atom is 0.149 e. The van der Waals surface area contributed by atoms with Crippen LogP contribution in [0.2, 0.25) is 0 Å². The zero-order chi connectivity index (χ0) is 10.8. The van der Waals surface area contributed by atoms with Gasteiger partial charge in [0.2, 0.25) is 0 Å². The molecule has 0 bridgehead atoms. The molecule has 2 rings (SSSR count). The summed E-state index contributed by atoms with van der Waals surface area (Å²) < 4.78 is 0. The molecule has 0 N–H and O–H groups in total. The molecule has 1 saturated carbocycles. The fraction of sp³-hybridized carbons (Fsp3) is 0.917. The summed E-state index contributed by atoms with van der Waals surface area (Å²) >= 11 is 0. The van der Waals surface area contributed by atoms with Crippen molar-refractivity contribution >= 4 is 5.78 Å². The Balaban J connectivity index is 1.94. The number of carbonyl (C=O) groups is 1. The molecule has 1 heterocycles. The van der Waals surface area contributed by atoms with Gasteiger partial charge in [-0.3, -0.25) is 9.69 Å². The minimum absolute atomic E-state index is 0.218. The number of rotatable bonds is 2. The Morgan fingerprint density at radius 2 is 2.13 bits per heavy atom. The third-order valence-corrected chi connectivity index (χ3v) is 3.96. The smallest absolute Gasteiger partial charge is 0.149 e. The summed E-state index contributed by atoms with van der Waals surface area (Å²) in [4.78, 5) is 16.5. The molecule has 3 heteroatoms. The number of hydrogen-bond donors (Lipinski definition) is 0. The van der Waals surface area contributed by atoms with Gasteiger partial charge in [-0.05, 0) is 39.9 Å². The van der Waals surface area contributed by atoms with E-state index in [1.165, 1.54) is 19.4 Å². The highest BCUT2D eigenvalue weighted by Gasteiger charge is 2.32. The van der Waals surface area contributed by atoms with Gasteiger partial charge in [0.25, 0.3) is 0 Å². The highest BCUT2D eigenvalue weighted by Crippen LogP contribution is 2.23. The molecule has 0 amide bonds. The van der Waals surface area contributed by atoms with Crippen LogP contribution in [-0.2, 0) is 4.79 Å². The van der Waals surface area contributed by atoms with Crippen molar-refractivity contribution in [3.05, 3.63) is 0 Å². The first-order valence-electron chi connectivity index (χ1n) is 6.11. The Kier molecular flexibility index (Phi) is 3.42. The summed E-state index contributed by atoms with van der Waals surface area (Å²) in [6, 6.07) is 0.817. The second kappa shape index (κ2) is 4.62. The quantitative estimate of drug-likeness (QED) is 0.683. The fourth-order valence-electron chi connectivity index (χ4n) is 2.89. The van der Waals surface area contributed by atoms with Gasteiger partial charge in [0.1, 0.15) is 5.78 Å². The monoisotopic (exact) mass is 210 g/mol. The standard InChI is InChI=1S/C12H22N2O/c1-13-8-7-10(9-13)14(2)11-5-3-4-6-12(11)15/h10-11H,3-9H2,1-2H3. The Labute approximate surface area is 92.4 Å². The number of hydrogen-bond acceptors (Lipinski definition) is 3. The van der Waals surface area contributed by atoms with Crippen LogP contribution in [0, 0.1) is 0 Å². The summed E-state index contributed by atoms with van der Waals surface area (Å²) in [5, 5.41) is 0. The second-order valence-electron chi connectivity index (χ2n) is 5.10. The van der Waals surface area contributed by atoms with Crippen molar-refractivity contribution < 1.29 is 4.79 Å². The number of likely N-dealkylation sites (N-methyl/N-ethyl adjacent to an activating group) is 2. The van der Waals surface area contributed by atoms with Crippen molar-refractivity contribution in [1.82, 2.24) is 9.80 Å². The van der Waals surface area contributed by atoms with Gasteiger partial charge in [0.15, 0.2) is 0 Å². The molecule has 0 aromatic carbocycles. The van der Waals surface area contributed by atoms with Gasteiger partial charge in [-0.25, -0.2) is 0 Å². The first kappa shape index (κ1) is 11.1. The lowest BCUT2D eigenvalue weighted by Crippen LogP contribution is -2.46. The van der Waals surface area contributed by atoms with E-state index in [1.807, 2.05) is 0 Å². The van der Waals surface area contributed by atoms with Crippen LogP contribution >= 0.6 is 0 Å². The van der Waals surface area contributed by atoms with E-state index >= 15 is 0 Å². The zero-order valence-corrected chi connectivity index (χ0v) is 9.91. The third-order valence-electron chi connectivity index (χ3n) is 3.96. The fourth-order valence-corrected chi connectivity index (χ4v) is 2.89. The van der Waals surface area contributed by atoms with Crippen LogP contribution in [0.5, 0.6) is 0 Å². The minimum Gasteiger partial charge on any atom is -0.305 e. The van der Waals surface area contributed by atoms with E-state index < -0.39 is 0 Å². The van der Waals surface area contributed by atoms with Gasteiger partial charge in [0, 0.05) is 19.0 Å². The maximum atomic E-state index is 11.8. The van der Waals surface area contributed by atoms with Crippen molar-refractivity contribution in [3.8, 4) is 0 Å². The molecule has 1 aliphatic heterocycles. The number of likely N-dealkylation sites (tertiary alicyclic amines) is 1. The highest BCUT2D eigenvalue weighted by molar-refractivity contribution is 5.84. The van der Waals surface area contributed by atoms with Crippen LogP contribution in [0.1, 0.15) is 32.1 Å². The predicted molar refractivity (Wildman–Crippen MR) is 60.9 cm³/mol. The van der Waals surface area contributed by atoms with Crippen LogP contribution < -0.4 is 0 Å². The molecule has 1 saturated heterocycles. The second-order valence-corrected chi connectivity index (χ2v) is 5.10. The van der Waals surface area contributed by atoms with Crippen molar-refractivity contribution in [2.75, 3.05) is 27.2 Å². The maximum absolute atomic E-state index is 11.8. The molecule has 2 unspecified atom stereocenters. The first-order valence-corrected chi connectivity index (χ1v) is 6.11. The summed E-state index contributed by atoms with van der Waals surface area (Å²) in [6.45, 7) is 2.30. The summed E-state index contributed by atoms with van der Waals surface area (Å²) in [5.41, 5.74) is 0. The van der Waals surface area contributed by atoms with Gasteiger partial charge in [0.05, 0.1) is 6.04 Å². The average Bonchev–Trinajstić information content (AvgIpc) is 2.65. The van der Waals surface area contributed by atoms with E-state index in [4.69, 9.17) is 0 Å². The molecule has 15 heavy (non-hydrogen) atoms. The van der Waals surface area contributed by atoms with Gasteiger partial charge in [-0.2, -0.15) is 0 Å². The van der Waals surface area contributed by atoms with Gasteiger partial charge in [-0.1, -0.05) is 6.42 Å². The molecule has 2 aliphatic rings. The van der Waals surface area contributed by atoms with Crippen molar-refractivity contribution in [2.24, 2.45) is 0 Å². The van der Waals surface area contributed by atoms with Crippen molar-refractivity contribution in [1.29, 1.82) is 0 Å². The molecule has 0 spiro atoms. The van der Waals surface area contributed by atoms with Gasteiger partial charge >= 0.3 is 0 Å².